The Bertz CT molecular complexity index is 403. The fraction of sp³-hybridized carbons (Fsp3) is 0.357. The van der Waals surface area contributed by atoms with E-state index in [1.54, 1.807) is 13.0 Å². The Balaban J connectivity index is 2.88. The van der Waals surface area contributed by atoms with Crippen LogP contribution in [0.15, 0.2) is 29.8 Å². The van der Waals surface area contributed by atoms with Crippen molar-refractivity contribution < 1.29 is 9.90 Å². The van der Waals surface area contributed by atoms with Gasteiger partial charge in [-0.25, -0.2) is 4.79 Å². The predicted octanol–water partition coefficient (Wildman–Crippen LogP) is 3.02. The van der Waals surface area contributed by atoms with Gasteiger partial charge < -0.3 is 10.0 Å². The summed E-state index contributed by atoms with van der Waals surface area (Å²) in [6.07, 6.45) is 1.67. The normalized spacial score (nSPS) is 11.4. The first kappa shape index (κ1) is 13.3. The van der Waals surface area contributed by atoms with Gasteiger partial charge in [-0.2, -0.15) is 0 Å². The highest BCUT2D eigenvalue weighted by molar-refractivity contribution is 5.91. The number of carboxylic acids is 1. The van der Waals surface area contributed by atoms with Gasteiger partial charge >= 0.3 is 5.97 Å². The number of carboxylic acid groups (broad SMARTS) is 1. The highest BCUT2D eigenvalue weighted by Crippen LogP contribution is 2.16. The number of aliphatic carboxylic acids is 1. The first-order valence-corrected chi connectivity index (χ1v) is 5.85. The van der Waals surface area contributed by atoms with Gasteiger partial charge in [0.1, 0.15) is 0 Å². The summed E-state index contributed by atoms with van der Waals surface area (Å²) < 4.78 is 0. The average Bonchev–Trinajstić information content (AvgIpc) is 2.32. The Morgan fingerprint density at radius 2 is 1.76 bits per heavy atom. The van der Waals surface area contributed by atoms with Crippen molar-refractivity contribution in [2.24, 2.45) is 0 Å². The van der Waals surface area contributed by atoms with Gasteiger partial charge in [0.05, 0.1) is 0 Å². The molecule has 3 nitrogen and oxygen atoms in total. The van der Waals surface area contributed by atoms with E-state index in [4.69, 9.17) is 5.11 Å². The fourth-order valence-corrected chi connectivity index (χ4v) is 1.68. The van der Waals surface area contributed by atoms with Crippen LogP contribution in [0.2, 0.25) is 0 Å². The highest BCUT2D eigenvalue weighted by Gasteiger charge is 2.02. The molecule has 0 aromatic heterocycles. The maximum atomic E-state index is 10.7. The minimum Gasteiger partial charge on any atom is -0.478 e. The molecule has 3 heteroatoms. The summed E-state index contributed by atoms with van der Waals surface area (Å²) >= 11 is 0. The second kappa shape index (κ2) is 6.09. The molecule has 0 aliphatic carbocycles. The van der Waals surface area contributed by atoms with Gasteiger partial charge in [0.2, 0.25) is 0 Å². The van der Waals surface area contributed by atoms with Gasteiger partial charge in [-0.05, 0) is 44.5 Å². The van der Waals surface area contributed by atoms with Crippen LogP contribution in [0.1, 0.15) is 26.3 Å². The summed E-state index contributed by atoms with van der Waals surface area (Å²) in [6.45, 7) is 7.78. The topological polar surface area (TPSA) is 40.5 Å². The van der Waals surface area contributed by atoms with Crippen molar-refractivity contribution in [1.29, 1.82) is 0 Å². The maximum Gasteiger partial charge on any atom is 0.331 e. The molecule has 0 aliphatic heterocycles. The van der Waals surface area contributed by atoms with Gasteiger partial charge in [0.15, 0.2) is 0 Å². The molecule has 1 rings (SSSR count). The molecule has 1 N–H and O–H groups in total. The van der Waals surface area contributed by atoms with Crippen LogP contribution in [0.3, 0.4) is 0 Å². The van der Waals surface area contributed by atoms with Crippen LogP contribution < -0.4 is 4.90 Å². The van der Waals surface area contributed by atoms with E-state index in [0.29, 0.717) is 5.57 Å². The summed E-state index contributed by atoms with van der Waals surface area (Å²) in [5, 5.41) is 8.79. The maximum absolute atomic E-state index is 10.7. The SMILES string of the molecule is CCN(CC)c1ccc(/C=C(/C)C(=O)O)cc1. The van der Waals surface area contributed by atoms with E-state index < -0.39 is 5.97 Å². The molecule has 0 radical (unpaired) electrons. The van der Waals surface area contributed by atoms with E-state index >= 15 is 0 Å². The molecule has 0 saturated carbocycles. The standard InChI is InChI=1S/C14H19NO2/c1-4-15(5-2)13-8-6-12(7-9-13)10-11(3)14(16)17/h6-10H,4-5H2,1-3H3,(H,16,17)/b11-10-. The molecule has 1 aromatic carbocycles. The Morgan fingerprint density at radius 1 is 1.24 bits per heavy atom. The Morgan fingerprint density at radius 3 is 2.18 bits per heavy atom. The van der Waals surface area contributed by atoms with Gasteiger partial charge in [-0.1, -0.05) is 12.1 Å². The minimum atomic E-state index is -0.877. The van der Waals surface area contributed by atoms with Crippen molar-refractivity contribution >= 4 is 17.7 Å². The van der Waals surface area contributed by atoms with E-state index in [2.05, 4.69) is 18.7 Å². The number of hydrogen-bond donors (Lipinski definition) is 1. The van der Waals surface area contributed by atoms with Gasteiger partial charge in [-0.3, -0.25) is 0 Å². The molecular weight excluding hydrogens is 214 g/mol. The third-order valence-corrected chi connectivity index (χ3v) is 2.74. The molecule has 0 unspecified atom stereocenters. The van der Waals surface area contributed by atoms with Crippen LogP contribution in [0, 0.1) is 0 Å². The molecule has 17 heavy (non-hydrogen) atoms. The van der Waals surface area contributed by atoms with Crippen LogP contribution >= 0.6 is 0 Å². The number of anilines is 1. The number of hydrogen-bond acceptors (Lipinski definition) is 2. The van der Waals surface area contributed by atoms with E-state index in [-0.39, 0.29) is 0 Å². The van der Waals surface area contributed by atoms with E-state index in [1.165, 1.54) is 5.69 Å². The van der Waals surface area contributed by atoms with E-state index in [0.717, 1.165) is 18.7 Å². The minimum absolute atomic E-state index is 0.348. The van der Waals surface area contributed by atoms with Crippen LogP contribution in [0.4, 0.5) is 5.69 Å². The second-order valence-electron chi connectivity index (χ2n) is 3.90. The van der Waals surface area contributed by atoms with Crippen LogP contribution in [-0.4, -0.2) is 24.2 Å². The smallest absolute Gasteiger partial charge is 0.331 e. The lowest BCUT2D eigenvalue weighted by Crippen LogP contribution is -2.21. The zero-order valence-corrected chi connectivity index (χ0v) is 10.6. The summed E-state index contributed by atoms with van der Waals surface area (Å²) in [5.41, 5.74) is 2.43. The zero-order chi connectivity index (χ0) is 12.8. The number of nitrogens with zero attached hydrogens (tertiary/aromatic N) is 1. The summed E-state index contributed by atoms with van der Waals surface area (Å²) in [5.74, 6) is -0.877. The molecule has 0 fully saturated rings. The summed E-state index contributed by atoms with van der Waals surface area (Å²) in [4.78, 5) is 12.9. The summed E-state index contributed by atoms with van der Waals surface area (Å²) in [7, 11) is 0. The first-order valence-electron chi connectivity index (χ1n) is 5.85. The molecule has 0 bridgehead atoms. The van der Waals surface area contributed by atoms with Crippen molar-refractivity contribution in [2.45, 2.75) is 20.8 Å². The number of carbonyl (C=O) groups is 1. The van der Waals surface area contributed by atoms with Crippen molar-refractivity contribution in [2.75, 3.05) is 18.0 Å². The Kier molecular flexibility index (Phi) is 4.76. The molecule has 0 saturated heterocycles. The molecule has 0 atom stereocenters. The lowest BCUT2D eigenvalue weighted by molar-refractivity contribution is -0.132. The van der Waals surface area contributed by atoms with Crippen molar-refractivity contribution in [3.05, 3.63) is 35.4 Å². The molecular formula is C14H19NO2. The lowest BCUT2D eigenvalue weighted by Gasteiger charge is -2.20. The predicted molar refractivity (Wildman–Crippen MR) is 71.3 cm³/mol. The Labute approximate surface area is 102 Å². The quantitative estimate of drug-likeness (QED) is 0.795. The molecule has 1 aromatic rings. The van der Waals surface area contributed by atoms with Gasteiger partial charge in [0.25, 0.3) is 0 Å². The van der Waals surface area contributed by atoms with E-state index in [1.807, 2.05) is 24.3 Å². The van der Waals surface area contributed by atoms with Crippen molar-refractivity contribution in [3.8, 4) is 0 Å². The number of benzene rings is 1. The molecule has 92 valence electrons. The van der Waals surface area contributed by atoms with Crippen molar-refractivity contribution in [1.82, 2.24) is 0 Å². The van der Waals surface area contributed by atoms with Gasteiger partial charge in [-0.15, -0.1) is 0 Å². The number of rotatable bonds is 5. The van der Waals surface area contributed by atoms with Crippen LogP contribution in [0.5, 0.6) is 0 Å². The third-order valence-electron chi connectivity index (χ3n) is 2.74. The lowest BCUT2D eigenvalue weighted by atomic mass is 10.1. The van der Waals surface area contributed by atoms with Crippen molar-refractivity contribution in [3.63, 3.8) is 0 Å². The van der Waals surface area contributed by atoms with E-state index in [9.17, 15) is 4.79 Å². The van der Waals surface area contributed by atoms with Crippen LogP contribution in [0.25, 0.3) is 6.08 Å². The van der Waals surface area contributed by atoms with Gasteiger partial charge in [0, 0.05) is 24.4 Å². The highest BCUT2D eigenvalue weighted by atomic mass is 16.4. The zero-order valence-electron chi connectivity index (χ0n) is 10.6. The largest absolute Gasteiger partial charge is 0.478 e. The average molecular weight is 233 g/mol. The fourth-order valence-electron chi connectivity index (χ4n) is 1.68. The van der Waals surface area contributed by atoms with Crippen LogP contribution in [-0.2, 0) is 4.79 Å². The molecule has 0 aliphatic rings. The molecule has 0 heterocycles. The monoisotopic (exact) mass is 233 g/mol. The summed E-state index contributed by atoms with van der Waals surface area (Å²) in [6, 6.07) is 7.93. The second-order valence-corrected chi connectivity index (χ2v) is 3.90. The first-order chi connectivity index (χ1) is 8.08. The third kappa shape index (κ3) is 3.63. The molecule has 0 spiro atoms. The molecule has 0 amide bonds. The Hall–Kier alpha value is -1.77.